The fourth-order valence-electron chi connectivity index (χ4n) is 3.59. The number of unbranched alkanes of at least 4 members (excludes halogenated alkanes) is 3. The first-order valence-electron chi connectivity index (χ1n) is 8.74. The van der Waals surface area contributed by atoms with Crippen molar-refractivity contribution < 1.29 is 25.2 Å². The molecule has 1 aliphatic rings. The zero-order chi connectivity index (χ0) is 17.4. The molecule has 1 aliphatic carbocycles. The molecular formula is C18H32O5. The van der Waals surface area contributed by atoms with Crippen LogP contribution >= 0.6 is 0 Å². The van der Waals surface area contributed by atoms with Gasteiger partial charge < -0.3 is 20.4 Å². The average molecular weight is 328 g/mol. The molecule has 1 unspecified atom stereocenters. The molecule has 0 heterocycles. The molecule has 5 nitrogen and oxygen atoms in total. The molecule has 0 aliphatic heterocycles. The average Bonchev–Trinajstić information content (AvgIpc) is 2.73. The van der Waals surface area contributed by atoms with Crippen molar-refractivity contribution in [3.05, 3.63) is 12.2 Å². The van der Waals surface area contributed by atoms with Gasteiger partial charge in [-0.25, -0.2) is 0 Å². The van der Waals surface area contributed by atoms with Crippen LogP contribution in [0.5, 0.6) is 0 Å². The van der Waals surface area contributed by atoms with Crippen molar-refractivity contribution in [1.82, 2.24) is 0 Å². The van der Waals surface area contributed by atoms with Gasteiger partial charge in [-0.2, -0.15) is 0 Å². The van der Waals surface area contributed by atoms with E-state index in [-0.39, 0.29) is 18.3 Å². The Morgan fingerprint density at radius 3 is 2.22 bits per heavy atom. The zero-order valence-electron chi connectivity index (χ0n) is 14.2. The van der Waals surface area contributed by atoms with Crippen LogP contribution in [0.25, 0.3) is 0 Å². The molecule has 5 heteroatoms. The Hall–Kier alpha value is -0.910. The molecule has 4 N–H and O–H groups in total. The third-order valence-corrected chi connectivity index (χ3v) is 5.04. The number of carbonyl (C=O) groups is 1. The second-order valence-electron chi connectivity index (χ2n) is 6.98. The molecule has 0 spiro atoms. The molecule has 0 saturated heterocycles. The molecule has 1 saturated carbocycles. The summed E-state index contributed by atoms with van der Waals surface area (Å²) < 4.78 is 0. The second kappa shape index (κ2) is 10.1. The van der Waals surface area contributed by atoms with Gasteiger partial charge in [-0.15, -0.1) is 0 Å². The number of aliphatic carboxylic acids is 1. The van der Waals surface area contributed by atoms with Crippen LogP contribution in [0, 0.1) is 11.8 Å². The van der Waals surface area contributed by atoms with E-state index in [1.54, 1.807) is 6.92 Å². The van der Waals surface area contributed by atoms with E-state index in [9.17, 15) is 20.1 Å². The van der Waals surface area contributed by atoms with Crippen LogP contribution in [0.2, 0.25) is 0 Å². The SMILES string of the molecule is C=C(C)C(O)CC[C@@H]1[C@@H](CCCCCCC(=O)O)[C@@H](O)C[C@H]1O. The van der Waals surface area contributed by atoms with Crippen LogP contribution in [-0.2, 0) is 4.79 Å². The molecule has 0 amide bonds. The topological polar surface area (TPSA) is 98.0 Å². The molecule has 23 heavy (non-hydrogen) atoms. The highest BCUT2D eigenvalue weighted by Crippen LogP contribution is 2.39. The van der Waals surface area contributed by atoms with E-state index < -0.39 is 24.3 Å². The zero-order valence-corrected chi connectivity index (χ0v) is 14.2. The number of carboxylic acid groups (broad SMARTS) is 1. The first-order valence-corrected chi connectivity index (χ1v) is 8.74. The fourth-order valence-corrected chi connectivity index (χ4v) is 3.59. The summed E-state index contributed by atoms with van der Waals surface area (Å²) in [4.78, 5) is 10.5. The summed E-state index contributed by atoms with van der Waals surface area (Å²) in [6.45, 7) is 5.53. The van der Waals surface area contributed by atoms with E-state index in [0.29, 0.717) is 25.7 Å². The van der Waals surface area contributed by atoms with Crippen molar-refractivity contribution in [2.45, 2.75) is 83.0 Å². The minimum Gasteiger partial charge on any atom is -0.481 e. The quantitative estimate of drug-likeness (QED) is 0.345. The van der Waals surface area contributed by atoms with Gasteiger partial charge in [0, 0.05) is 6.42 Å². The molecule has 1 rings (SSSR count). The first-order chi connectivity index (χ1) is 10.8. The van der Waals surface area contributed by atoms with Crippen LogP contribution < -0.4 is 0 Å². The van der Waals surface area contributed by atoms with Crippen LogP contribution in [0.1, 0.15) is 64.7 Å². The van der Waals surface area contributed by atoms with Gasteiger partial charge in [-0.05, 0) is 50.9 Å². The van der Waals surface area contributed by atoms with E-state index >= 15 is 0 Å². The lowest BCUT2D eigenvalue weighted by molar-refractivity contribution is -0.137. The molecule has 0 radical (unpaired) electrons. The second-order valence-corrected chi connectivity index (χ2v) is 6.98. The lowest BCUT2D eigenvalue weighted by Gasteiger charge is -2.24. The highest BCUT2D eigenvalue weighted by atomic mass is 16.4. The van der Waals surface area contributed by atoms with Gasteiger partial charge in [0.05, 0.1) is 18.3 Å². The number of aliphatic hydroxyl groups is 3. The third-order valence-electron chi connectivity index (χ3n) is 5.04. The van der Waals surface area contributed by atoms with Crippen LogP contribution in [0.15, 0.2) is 12.2 Å². The maximum atomic E-state index is 10.5. The van der Waals surface area contributed by atoms with Gasteiger partial charge in [-0.3, -0.25) is 4.79 Å². The molecular weight excluding hydrogens is 296 g/mol. The normalized spacial score (nSPS) is 28.7. The van der Waals surface area contributed by atoms with E-state index in [2.05, 4.69) is 6.58 Å². The molecule has 5 atom stereocenters. The van der Waals surface area contributed by atoms with Crippen molar-refractivity contribution in [2.75, 3.05) is 0 Å². The number of carboxylic acids is 1. The monoisotopic (exact) mass is 328 g/mol. The largest absolute Gasteiger partial charge is 0.481 e. The van der Waals surface area contributed by atoms with Gasteiger partial charge in [0.1, 0.15) is 0 Å². The number of aliphatic hydroxyl groups excluding tert-OH is 3. The molecule has 0 bridgehead atoms. The Labute approximate surface area is 139 Å². The Morgan fingerprint density at radius 1 is 1.09 bits per heavy atom. The van der Waals surface area contributed by atoms with Crippen molar-refractivity contribution in [3.8, 4) is 0 Å². The summed E-state index contributed by atoms with van der Waals surface area (Å²) in [5.74, 6) is -0.657. The van der Waals surface area contributed by atoms with Crippen LogP contribution in [0.4, 0.5) is 0 Å². The standard InChI is InChI=1S/C18H32O5/c1-12(2)15(19)10-9-14-13(16(20)11-17(14)21)7-5-3-4-6-8-18(22)23/h13-17,19-21H,1,3-11H2,2H3,(H,22,23)/t13-,14-,15?,16+,17-/m1/s1. The maximum absolute atomic E-state index is 10.5. The Balaban J connectivity index is 2.34. The van der Waals surface area contributed by atoms with Crippen molar-refractivity contribution in [2.24, 2.45) is 11.8 Å². The highest BCUT2D eigenvalue weighted by Gasteiger charge is 2.40. The van der Waals surface area contributed by atoms with E-state index in [1.165, 1.54) is 0 Å². The van der Waals surface area contributed by atoms with E-state index in [0.717, 1.165) is 31.3 Å². The molecule has 0 aromatic carbocycles. The number of hydrogen-bond donors (Lipinski definition) is 4. The summed E-state index contributed by atoms with van der Waals surface area (Å²) >= 11 is 0. The predicted molar refractivity (Wildman–Crippen MR) is 89.0 cm³/mol. The van der Waals surface area contributed by atoms with Crippen LogP contribution in [-0.4, -0.2) is 44.7 Å². The molecule has 0 aromatic rings. The van der Waals surface area contributed by atoms with Crippen molar-refractivity contribution >= 4 is 5.97 Å². The van der Waals surface area contributed by atoms with Gasteiger partial charge in [0.2, 0.25) is 0 Å². The summed E-state index contributed by atoms with van der Waals surface area (Å²) in [5, 5.41) is 38.8. The lowest BCUT2D eigenvalue weighted by Crippen LogP contribution is -2.24. The molecule has 0 aromatic heterocycles. The van der Waals surface area contributed by atoms with Crippen molar-refractivity contribution in [3.63, 3.8) is 0 Å². The fraction of sp³-hybridized carbons (Fsp3) is 0.833. The highest BCUT2D eigenvalue weighted by molar-refractivity contribution is 5.66. The third kappa shape index (κ3) is 7.02. The summed E-state index contributed by atoms with van der Waals surface area (Å²) in [5.41, 5.74) is 0.730. The number of rotatable bonds is 11. The number of hydrogen-bond acceptors (Lipinski definition) is 4. The lowest BCUT2D eigenvalue weighted by atomic mass is 9.84. The van der Waals surface area contributed by atoms with Gasteiger partial charge in [0.25, 0.3) is 0 Å². The smallest absolute Gasteiger partial charge is 0.303 e. The first kappa shape index (κ1) is 20.1. The Kier molecular flexibility index (Phi) is 8.81. The predicted octanol–water partition coefficient (Wildman–Crippen LogP) is 2.49. The Morgan fingerprint density at radius 2 is 1.65 bits per heavy atom. The minimum absolute atomic E-state index is 0.0259. The summed E-state index contributed by atoms with van der Waals surface area (Å²) in [6, 6.07) is 0. The minimum atomic E-state index is -0.754. The maximum Gasteiger partial charge on any atom is 0.303 e. The van der Waals surface area contributed by atoms with Crippen molar-refractivity contribution in [1.29, 1.82) is 0 Å². The summed E-state index contributed by atoms with van der Waals surface area (Å²) in [6.07, 6.45) is 4.68. The van der Waals surface area contributed by atoms with E-state index in [4.69, 9.17) is 5.11 Å². The van der Waals surface area contributed by atoms with Crippen LogP contribution in [0.3, 0.4) is 0 Å². The van der Waals surface area contributed by atoms with E-state index in [1.807, 2.05) is 0 Å². The van der Waals surface area contributed by atoms with Gasteiger partial charge >= 0.3 is 5.97 Å². The molecule has 1 fully saturated rings. The molecule has 134 valence electrons. The Bertz CT molecular complexity index is 382. The van der Waals surface area contributed by atoms with Gasteiger partial charge in [0.15, 0.2) is 0 Å². The summed E-state index contributed by atoms with van der Waals surface area (Å²) in [7, 11) is 0. The van der Waals surface area contributed by atoms with Gasteiger partial charge in [-0.1, -0.05) is 31.4 Å².